The largest absolute Gasteiger partial charge is 0.462 e. The van der Waals surface area contributed by atoms with E-state index in [1.54, 1.807) is 18.7 Å². The van der Waals surface area contributed by atoms with E-state index in [-0.39, 0.29) is 5.97 Å². The summed E-state index contributed by atoms with van der Waals surface area (Å²) in [6, 6.07) is 0. The molecule has 0 N–H and O–H groups in total. The number of ether oxygens (including phenoxy) is 1. The Balaban J connectivity index is 2.47. The lowest BCUT2D eigenvalue weighted by Gasteiger charge is -2.01. The van der Waals surface area contributed by atoms with Gasteiger partial charge >= 0.3 is 5.97 Å². The van der Waals surface area contributed by atoms with E-state index in [1.807, 2.05) is 6.92 Å². The highest BCUT2D eigenvalue weighted by molar-refractivity contribution is 7.99. The van der Waals surface area contributed by atoms with Gasteiger partial charge in [-0.25, -0.2) is 14.8 Å². The first kappa shape index (κ1) is 15.5. The van der Waals surface area contributed by atoms with Crippen LogP contribution in [0.3, 0.4) is 0 Å². The van der Waals surface area contributed by atoms with Crippen LogP contribution < -0.4 is 0 Å². The molecule has 4 nitrogen and oxygen atoms in total. The van der Waals surface area contributed by atoms with E-state index in [2.05, 4.69) is 16.9 Å². The molecule has 0 radical (unpaired) electrons. The average Bonchev–Trinajstić information content (AvgIpc) is 2.74. The second kappa shape index (κ2) is 6.74. The number of nitrogens with zero attached hydrogens (tertiary/aromatic N) is 2. The van der Waals surface area contributed by atoms with Crippen LogP contribution >= 0.6 is 34.7 Å². The van der Waals surface area contributed by atoms with Crippen LogP contribution in [0.25, 0.3) is 10.2 Å². The molecule has 108 valence electrons. The van der Waals surface area contributed by atoms with Crippen molar-refractivity contribution in [2.24, 2.45) is 0 Å². The third-order valence-corrected chi connectivity index (χ3v) is 5.11. The smallest absolute Gasteiger partial charge is 0.348 e. The molecule has 0 atom stereocenters. The second-order valence-corrected chi connectivity index (χ2v) is 6.52. The van der Waals surface area contributed by atoms with E-state index in [0.717, 1.165) is 28.0 Å². The van der Waals surface area contributed by atoms with E-state index in [4.69, 9.17) is 16.3 Å². The summed E-state index contributed by atoms with van der Waals surface area (Å²) in [4.78, 5) is 22.0. The van der Waals surface area contributed by atoms with Crippen LogP contribution in [0.2, 0.25) is 5.15 Å². The molecule has 0 amide bonds. The number of rotatable bonds is 5. The maximum absolute atomic E-state index is 11.9. The van der Waals surface area contributed by atoms with Crippen LogP contribution in [0.1, 0.15) is 35.5 Å². The minimum Gasteiger partial charge on any atom is -0.462 e. The van der Waals surface area contributed by atoms with Crippen LogP contribution in [0.4, 0.5) is 0 Å². The van der Waals surface area contributed by atoms with Gasteiger partial charge in [0, 0.05) is 5.75 Å². The molecule has 0 spiro atoms. The topological polar surface area (TPSA) is 52.1 Å². The van der Waals surface area contributed by atoms with E-state index >= 15 is 0 Å². The van der Waals surface area contributed by atoms with E-state index in [1.165, 1.54) is 11.3 Å². The van der Waals surface area contributed by atoms with Gasteiger partial charge in [-0.15, -0.1) is 11.3 Å². The lowest BCUT2D eigenvalue weighted by atomic mass is 10.2. The van der Waals surface area contributed by atoms with Gasteiger partial charge < -0.3 is 4.74 Å². The van der Waals surface area contributed by atoms with Crippen molar-refractivity contribution in [3.63, 3.8) is 0 Å². The molecule has 2 aromatic rings. The van der Waals surface area contributed by atoms with Crippen LogP contribution in [-0.4, -0.2) is 28.3 Å². The van der Waals surface area contributed by atoms with E-state index in [0.29, 0.717) is 21.8 Å². The predicted octanol–water partition coefficient (Wildman–Crippen LogP) is 4.33. The fourth-order valence-corrected chi connectivity index (χ4v) is 3.97. The predicted molar refractivity (Wildman–Crippen MR) is 84.1 cm³/mol. The second-order valence-electron chi connectivity index (χ2n) is 4.10. The molecular formula is C13H15ClN2O2S2. The zero-order chi connectivity index (χ0) is 14.7. The number of thioether (sulfide) groups is 1. The van der Waals surface area contributed by atoms with Crippen molar-refractivity contribution in [1.82, 2.24) is 9.97 Å². The standard InChI is InChI=1S/C13H15ClN2O2S2/c1-4-6-19-13-15-10(14)8-7(3)9(12(17)18-5-2)20-11(8)16-13/h4-6H2,1-3H3. The van der Waals surface area contributed by atoms with Gasteiger partial charge in [0.2, 0.25) is 0 Å². The molecule has 2 aromatic heterocycles. The number of thiophene rings is 1. The summed E-state index contributed by atoms with van der Waals surface area (Å²) in [5, 5.41) is 1.81. The number of carbonyl (C=O) groups is 1. The molecule has 0 bridgehead atoms. The zero-order valence-corrected chi connectivity index (χ0v) is 13.9. The first-order valence-corrected chi connectivity index (χ1v) is 8.53. The normalized spacial score (nSPS) is 11.0. The van der Waals surface area contributed by atoms with Crippen molar-refractivity contribution in [2.45, 2.75) is 32.3 Å². The van der Waals surface area contributed by atoms with Crippen molar-refractivity contribution in [2.75, 3.05) is 12.4 Å². The van der Waals surface area contributed by atoms with Gasteiger partial charge in [0.05, 0.1) is 12.0 Å². The summed E-state index contributed by atoms with van der Waals surface area (Å²) in [5.74, 6) is 0.614. The Hall–Kier alpha value is -0.850. The molecule has 0 unspecified atom stereocenters. The molecular weight excluding hydrogens is 316 g/mol. The maximum atomic E-state index is 11.9. The third-order valence-electron chi connectivity index (χ3n) is 2.62. The fraction of sp³-hybridized carbons (Fsp3) is 0.462. The zero-order valence-electron chi connectivity index (χ0n) is 11.5. The molecule has 0 aliphatic carbocycles. The molecule has 0 aliphatic heterocycles. The van der Waals surface area contributed by atoms with Gasteiger partial charge in [-0.1, -0.05) is 30.3 Å². The van der Waals surface area contributed by atoms with Crippen molar-refractivity contribution < 1.29 is 9.53 Å². The summed E-state index contributed by atoms with van der Waals surface area (Å²) in [5.41, 5.74) is 0.792. The molecule has 2 rings (SSSR count). The van der Waals surface area contributed by atoms with Crippen LogP contribution in [-0.2, 0) is 4.74 Å². The summed E-state index contributed by atoms with van der Waals surface area (Å²) in [6.45, 7) is 6.08. The highest BCUT2D eigenvalue weighted by atomic mass is 35.5. The molecule has 7 heteroatoms. The lowest BCUT2D eigenvalue weighted by molar-refractivity contribution is 0.0531. The Bertz CT molecular complexity index is 643. The van der Waals surface area contributed by atoms with Gasteiger partial charge in [-0.2, -0.15) is 0 Å². The number of aromatic nitrogens is 2. The van der Waals surface area contributed by atoms with Crippen molar-refractivity contribution >= 4 is 50.9 Å². The Labute approximate surface area is 130 Å². The number of fused-ring (bicyclic) bond motifs is 1. The first-order valence-electron chi connectivity index (χ1n) is 6.35. The van der Waals surface area contributed by atoms with Gasteiger partial charge in [-0.05, 0) is 25.8 Å². The van der Waals surface area contributed by atoms with Crippen LogP contribution in [0.15, 0.2) is 5.16 Å². The fourth-order valence-electron chi connectivity index (χ4n) is 1.72. The number of hydrogen-bond donors (Lipinski definition) is 0. The number of hydrogen-bond acceptors (Lipinski definition) is 6. The summed E-state index contributed by atoms with van der Waals surface area (Å²) in [7, 11) is 0. The van der Waals surface area contributed by atoms with E-state index in [9.17, 15) is 4.79 Å². The van der Waals surface area contributed by atoms with Crippen molar-refractivity contribution in [3.8, 4) is 0 Å². The summed E-state index contributed by atoms with van der Waals surface area (Å²) >= 11 is 9.11. The number of esters is 1. The third kappa shape index (κ3) is 3.07. The molecule has 2 heterocycles. The molecule has 0 aliphatic rings. The van der Waals surface area contributed by atoms with Gasteiger partial charge in [0.1, 0.15) is 14.9 Å². The van der Waals surface area contributed by atoms with Crippen LogP contribution in [0.5, 0.6) is 0 Å². The lowest BCUT2D eigenvalue weighted by Crippen LogP contribution is -2.03. The highest BCUT2D eigenvalue weighted by Crippen LogP contribution is 2.35. The molecule has 20 heavy (non-hydrogen) atoms. The quantitative estimate of drug-likeness (QED) is 0.353. The van der Waals surface area contributed by atoms with E-state index < -0.39 is 0 Å². The van der Waals surface area contributed by atoms with Crippen LogP contribution in [0, 0.1) is 6.92 Å². The summed E-state index contributed by atoms with van der Waals surface area (Å²) in [6.07, 6.45) is 1.04. The molecule has 0 aromatic carbocycles. The van der Waals surface area contributed by atoms with Gasteiger partial charge in [0.15, 0.2) is 5.16 Å². The Morgan fingerprint density at radius 1 is 1.40 bits per heavy atom. The Kier molecular flexibility index (Phi) is 5.23. The van der Waals surface area contributed by atoms with Crippen molar-refractivity contribution in [3.05, 3.63) is 15.6 Å². The molecule has 0 saturated carbocycles. The maximum Gasteiger partial charge on any atom is 0.348 e. The first-order chi connectivity index (χ1) is 9.58. The monoisotopic (exact) mass is 330 g/mol. The Morgan fingerprint density at radius 2 is 2.15 bits per heavy atom. The minimum absolute atomic E-state index is 0.327. The SMILES string of the molecule is CCCSc1nc(Cl)c2c(C)c(C(=O)OCC)sc2n1. The average molecular weight is 331 g/mol. The van der Waals surface area contributed by atoms with Gasteiger partial charge in [-0.3, -0.25) is 0 Å². The number of aryl methyl sites for hydroxylation is 1. The number of halogens is 1. The number of carbonyl (C=O) groups excluding carboxylic acids is 1. The molecule has 0 fully saturated rings. The summed E-state index contributed by atoms with van der Waals surface area (Å²) < 4.78 is 5.05. The minimum atomic E-state index is -0.327. The molecule has 0 saturated heterocycles. The van der Waals surface area contributed by atoms with Crippen molar-refractivity contribution in [1.29, 1.82) is 0 Å². The van der Waals surface area contributed by atoms with Gasteiger partial charge in [0.25, 0.3) is 0 Å². The highest BCUT2D eigenvalue weighted by Gasteiger charge is 2.20. The Morgan fingerprint density at radius 3 is 2.80 bits per heavy atom.